The van der Waals surface area contributed by atoms with Crippen LogP contribution in [-0.4, -0.2) is 96.7 Å². The van der Waals surface area contributed by atoms with Gasteiger partial charge in [0.15, 0.2) is 12.2 Å². The first-order valence-corrected chi connectivity index (χ1v) is 40.1. The first kappa shape index (κ1) is 88.1. The van der Waals surface area contributed by atoms with Crippen LogP contribution in [0.1, 0.15) is 369 Å². The SMILES string of the molecule is CCCCCCCCCCCCCCCCCCCC(=O)O[C@H](COC(=O)CCCCCCCCCCCCC(C)C)COP(=O)(O)OC[C@@H](O)COP(=O)(O)OC[C@@H](COC(=O)CCCCCCCCCCC)OC(=O)CCCCCCCCCCCCC. The van der Waals surface area contributed by atoms with Gasteiger partial charge in [0.05, 0.1) is 26.4 Å². The van der Waals surface area contributed by atoms with Crippen LogP contribution in [0.25, 0.3) is 0 Å². The number of ether oxygens (including phenoxy) is 4. The van der Waals surface area contributed by atoms with E-state index in [1.807, 2.05) is 0 Å². The molecule has 0 aliphatic carbocycles. The maximum Gasteiger partial charge on any atom is 0.472 e. The lowest BCUT2D eigenvalue weighted by molar-refractivity contribution is -0.161. The van der Waals surface area contributed by atoms with Crippen molar-refractivity contribution in [1.82, 2.24) is 0 Å². The van der Waals surface area contributed by atoms with Crippen molar-refractivity contribution in [2.45, 2.75) is 387 Å². The number of hydrogen-bond acceptors (Lipinski definition) is 15. The van der Waals surface area contributed by atoms with Crippen LogP contribution in [-0.2, 0) is 65.4 Å². The maximum absolute atomic E-state index is 13.0. The van der Waals surface area contributed by atoms with Gasteiger partial charge in [0.25, 0.3) is 0 Å². The molecular formula is C71H138O17P2. The van der Waals surface area contributed by atoms with Gasteiger partial charge in [-0.15, -0.1) is 0 Å². The Bertz CT molecular complexity index is 1740. The van der Waals surface area contributed by atoms with Crippen molar-refractivity contribution < 1.29 is 80.2 Å². The molecule has 0 bridgehead atoms. The smallest absolute Gasteiger partial charge is 0.462 e. The van der Waals surface area contributed by atoms with E-state index in [9.17, 15) is 43.2 Å². The molecular weight excluding hydrogens is 1190 g/mol. The standard InChI is InChI=1S/C71H138O17P2/c1-6-9-12-15-18-21-23-24-25-26-27-28-30-37-42-47-52-57-71(76)88-67(61-82-69(74)55-50-45-40-35-32-31-34-38-43-48-53-64(4)5)63-86-90(79,80)84-59-65(72)58-83-89(77,78)85-62-66(60-81-68(73)54-49-44-39-33-20-17-14-11-8-3)87-70(75)56-51-46-41-36-29-22-19-16-13-10-7-2/h64-67,72H,6-63H2,1-5H3,(H,77,78)(H,79,80)/t65-,66+,67+/m0/s1. The Hall–Kier alpha value is -1.94. The van der Waals surface area contributed by atoms with Gasteiger partial charge in [-0.25, -0.2) is 9.13 Å². The number of hydrogen-bond donors (Lipinski definition) is 3. The number of rotatable bonds is 71. The molecule has 5 atom stereocenters. The van der Waals surface area contributed by atoms with Crippen LogP contribution in [0.3, 0.4) is 0 Å². The normalized spacial score (nSPS) is 14.1. The first-order valence-electron chi connectivity index (χ1n) is 37.1. The van der Waals surface area contributed by atoms with Crippen molar-refractivity contribution in [1.29, 1.82) is 0 Å². The van der Waals surface area contributed by atoms with E-state index in [1.54, 1.807) is 0 Å². The van der Waals surface area contributed by atoms with Crippen molar-refractivity contribution >= 4 is 39.5 Å². The van der Waals surface area contributed by atoms with Crippen molar-refractivity contribution in [2.24, 2.45) is 5.92 Å². The van der Waals surface area contributed by atoms with Crippen molar-refractivity contribution in [2.75, 3.05) is 39.6 Å². The van der Waals surface area contributed by atoms with E-state index in [0.717, 1.165) is 95.8 Å². The molecule has 0 saturated heterocycles. The van der Waals surface area contributed by atoms with E-state index >= 15 is 0 Å². The maximum atomic E-state index is 13.0. The number of unbranched alkanes of at least 4 members (excludes halogenated alkanes) is 43. The quantitative estimate of drug-likeness (QED) is 0.0222. The van der Waals surface area contributed by atoms with Crippen molar-refractivity contribution in [3.63, 3.8) is 0 Å². The molecule has 0 heterocycles. The Balaban J connectivity index is 5.22. The molecule has 0 fully saturated rings. The Kier molecular flexibility index (Phi) is 63.0. The molecule has 0 saturated carbocycles. The van der Waals surface area contributed by atoms with Gasteiger partial charge in [0, 0.05) is 25.7 Å². The highest BCUT2D eigenvalue weighted by molar-refractivity contribution is 7.47. The fourth-order valence-electron chi connectivity index (χ4n) is 10.8. The molecule has 0 radical (unpaired) electrons. The number of phosphoric acid groups is 2. The lowest BCUT2D eigenvalue weighted by Gasteiger charge is -2.21. The fraction of sp³-hybridized carbons (Fsp3) is 0.944. The second-order valence-corrected chi connectivity index (χ2v) is 29.0. The minimum atomic E-state index is -4.95. The minimum absolute atomic E-state index is 0.107. The summed E-state index contributed by atoms with van der Waals surface area (Å²) in [5, 5.41) is 10.6. The molecule has 0 rings (SSSR count). The molecule has 0 aliphatic heterocycles. The highest BCUT2D eigenvalue weighted by atomic mass is 31.2. The molecule has 0 aromatic heterocycles. The van der Waals surface area contributed by atoms with Crippen LogP contribution in [0, 0.1) is 5.92 Å². The van der Waals surface area contributed by atoms with Gasteiger partial charge < -0.3 is 33.8 Å². The number of aliphatic hydroxyl groups is 1. The molecule has 90 heavy (non-hydrogen) atoms. The first-order chi connectivity index (χ1) is 43.5. The summed E-state index contributed by atoms with van der Waals surface area (Å²) in [5.74, 6) is -1.36. The van der Waals surface area contributed by atoms with Gasteiger partial charge in [-0.3, -0.25) is 37.3 Å². The predicted molar refractivity (Wildman–Crippen MR) is 363 cm³/mol. The molecule has 3 N–H and O–H groups in total. The number of phosphoric ester groups is 2. The van der Waals surface area contributed by atoms with Crippen LogP contribution >= 0.6 is 15.6 Å². The average molecular weight is 1330 g/mol. The molecule has 19 heteroatoms. The highest BCUT2D eigenvalue weighted by Gasteiger charge is 2.30. The van der Waals surface area contributed by atoms with Gasteiger partial charge in [0.2, 0.25) is 0 Å². The van der Waals surface area contributed by atoms with E-state index in [2.05, 4.69) is 34.6 Å². The second kappa shape index (κ2) is 64.4. The van der Waals surface area contributed by atoms with Crippen molar-refractivity contribution in [3.05, 3.63) is 0 Å². The molecule has 534 valence electrons. The van der Waals surface area contributed by atoms with Crippen LogP contribution < -0.4 is 0 Å². The molecule has 0 aliphatic rings. The van der Waals surface area contributed by atoms with Crippen molar-refractivity contribution in [3.8, 4) is 0 Å². The second-order valence-electron chi connectivity index (χ2n) is 26.1. The van der Waals surface area contributed by atoms with E-state index in [4.69, 9.17) is 37.0 Å². The van der Waals surface area contributed by atoms with E-state index in [1.165, 1.54) is 193 Å². The zero-order valence-electron chi connectivity index (χ0n) is 58.3. The zero-order valence-corrected chi connectivity index (χ0v) is 60.1. The fourth-order valence-corrected chi connectivity index (χ4v) is 12.4. The third-order valence-corrected chi connectivity index (χ3v) is 18.4. The number of aliphatic hydroxyl groups excluding tert-OH is 1. The van der Waals surface area contributed by atoms with Crippen LogP contribution in [0.4, 0.5) is 0 Å². The molecule has 0 spiro atoms. The van der Waals surface area contributed by atoms with E-state index in [0.29, 0.717) is 25.7 Å². The predicted octanol–water partition coefficient (Wildman–Crippen LogP) is 20.5. The van der Waals surface area contributed by atoms with Gasteiger partial charge in [-0.05, 0) is 31.6 Å². The summed E-state index contributed by atoms with van der Waals surface area (Å²) in [6.45, 7) is 7.23. The molecule has 17 nitrogen and oxygen atoms in total. The summed E-state index contributed by atoms with van der Waals surface area (Å²) in [5.41, 5.74) is 0. The largest absolute Gasteiger partial charge is 0.472 e. The van der Waals surface area contributed by atoms with E-state index < -0.39 is 97.5 Å². The van der Waals surface area contributed by atoms with Crippen LogP contribution in [0.15, 0.2) is 0 Å². The number of carbonyl (C=O) groups excluding carboxylic acids is 4. The Morgan fingerprint density at radius 1 is 0.300 bits per heavy atom. The highest BCUT2D eigenvalue weighted by Crippen LogP contribution is 2.45. The zero-order chi connectivity index (χ0) is 66.3. The summed E-state index contributed by atoms with van der Waals surface area (Å²) in [4.78, 5) is 72.5. The Morgan fingerprint density at radius 3 is 0.756 bits per heavy atom. The lowest BCUT2D eigenvalue weighted by Crippen LogP contribution is -2.30. The summed E-state index contributed by atoms with van der Waals surface area (Å²) in [6.07, 6.45) is 51.3. The van der Waals surface area contributed by atoms with Gasteiger partial charge in [0.1, 0.15) is 19.3 Å². The number of esters is 4. The van der Waals surface area contributed by atoms with E-state index in [-0.39, 0.29) is 25.7 Å². The van der Waals surface area contributed by atoms with Crippen LogP contribution in [0.2, 0.25) is 0 Å². The molecule has 2 unspecified atom stereocenters. The summed E-state index contributed by atoms with van der Waals surface area (Å²) < 4.78 is 68.3. The Labute approximate surface area is 549 Å². The van der Waals surface area contributed by atoms with Gasteiger partial charge in [-0.2, -0.15) is 0 Å². The van der Waals surface area contributed by atoms with Crippen LogP contribution in [0.5, 0.6) is 0 Å². The molecule has 0 amide bonds. The third kappa shape index (κ3) is 64.8. The topological polar surface area (TPSA) is 237 Å². The monoisotopic (exact) mass is 1320 g/mol. The third-order valence-electron chi connectivity index (χ3n) is 16.5. The summed E-state index contributed by atoms with van der Waals surface area (Å²) in [7, 11) is -9.90. The number of carbonyl (C=O) groups is 4. The molecule has 0 aromatic rings. The summed E-state index contributed by atoms with van der Waals surface area (Å²) >= 11 is 0. The van der Waals surface area contributed by atoms with Gasteiger partial charge in [-0.1, -0.05) is 317 Å². The minimum Gasteiger partial charge on any atom is -0.462 e. The molecule has 0 aromatic carbocycles. The summed E-state index contributed by atoms with van der Waals surface area (Å²) in [6, 6.07) is 0. The van der Waals surface area contributed by atoms with Gasteiger partial charge >= 0.3 is 39.5 Å². The lowest BCUT2D eigenvalue weighted by atomic mass is 10.0. The Morgan fingerprint density at radius 2 is 0.511 bits per heavy atom. The average Bonchev–Trinajstić information content (AvgIpc) is 3.69.